The van der Waals surface area contributed by atoms with Crippen LogP contribution in [0.2, 0.25) is 5.02 Å². The molecule has 3 aromatic rings. The van der Waals surface area contributed by atoms with Crippen molar-refractivity contribution in [2.24, 2.45) is 10.6 Å². The largest absolute Gasteiger partial charge is 0.504 e. The lowest BCUT2D eigenvalue weighted by Crippen LogP contribution is -2.71. The summed E-state index contributed by atoms with van der Waals surface area (Å²) in [7, 11) is 0. The quantitative estimate of drug-likeness (QED) is 0.0421. The van der Waals surface area contributed by atoms with E-state index >= 15 is 0 Å². The molecule has 9 N–H and O–H groups in total. The third kappa shape index (κ3) is 6.91. The van der Waals surface area contributed by atoms with Gasteiger partial charge in [0, 0.05) is 53.3 Å². The fourth-order valence-corrected chi connectivity index (χ4v) is 10.2. The Hall–Kier alpha value is -5.38. The van der Waals surface area contributed by atoms with Crippen LogP contribution >= 0.6 is 34.7 Å². The Morgan fingerprint density at radius 2 is 1.91 bits per heavy atom. The molecule has 0 spiro atoms. The number of carboxylic acid groups (broad SMARTS) is 2. The van der Waals surface area contributed by atoms with Gasteiger partial charge in [0.05, 0.1) is 35.6 Å². The number of carboxylic acids is 2. The van der Waals surface area contributed by atoms with E-state index in [0.717, 1.165) is 30.2 Å². The van der Waals surface area contributed by atoms with E-state index in [1.165, 1.54) is 42.1 Å². The average Bonchev–Trinajstić information content (AvgIpc) is 3.86. The van der Waals surface area contributed by atoms with Gasteiger partial charge in [-0.3, -0.25) is 24.1 Å². The molecule has 3 amide bonds. The molecular formula is C35H38ClN8O11S2+. The molecule has 0 radical (unpaired) electrons. The number of hydrogen-bond donors (Lipinski definition) is 8. The van der Waals surface area contributed by atoms with Crippen LogP contribution in [-0.4, -0.2) is 130 Å². The SMILES string of the molecule is C[C@@H]1S[C@@H]2[C@H](NC(=O)/C(=N\OC(C)(C)C(=O)O)c3csc(N)n3)C(=O)N2C(C(=O)O)=C1C[N+]12CCC(CNC(=O)c3c[nH]c4cc(O)c(O)c(Cl)c4c3=O)(CC1)C2. The molecule has 0 unspecified atom stereocenters. The highest BCUT2D eigenvalue weighted by atomic mass is 35.5. The predicted octanol–water partition coefficient (Wildman–Crippen LogP) is 1.38. The number of benzene rings is 1. The lowest BCUT2D eigenvalue weighted by Gasteiger charge is -2.51. The van der Waals surface area contributed by atoms with E-state index in [1.807, 2.05) is 6.92 Å². The molecule has 3 saturated heterocycles. The highest BCUT2D eigenvalue weighted by Crippen LogP contribution is 2.49. The number of phenols is 2. The number of amides is 3. The van der Waals surface area contributed by atoms with E-state index in [0.29, 0.717) is 36.2 Å². The number of quaternary nitrogens is 1. The summed E-state index contributed by atoms with van der Waals surface area (Å²) in [4.78, 5) is 91.3. The summed E-state index contributed by atoms with van der Waals surface area (Å²) in [5.41, 5.74) is 2.83. The van der Waals surface area contributed by atoms with Crippen molar-refractivity contribution in [1.82, 2.24) is 25.5 Å². The van der Waals surface area contributed by atoms with Crippen molar-refractivity contribution in [2.45, 2.75) is 55.9 Å². The maximum atomic E-state index is 13.6. The number of oxime groups is 1. The van der Waals surface area contributed by atoms with E-state index in [-0.39, 0.29) is 55.2 Å². The van der Waals surface area contributed by atoms with Crippen molar-refractivity contribution in [3.8, 4) is 11.5 Å². The third-order valence-electron chi connectivity index (χ3n) is 11.1. The Morgan fingerprint density at radius 3 is 2.54 bits per heavy atom. The summed E-state index contributed by atoms with van der Waals surface area (Å²) in [6.45, 7) is 6.92. The second-order valence-electron chi connectivity index (χ2n) is 15.2. The van der Waals surface area contributed by atoms with Gasteiger partial charge in [-0.2, -0.15) is 0 Å². The van der Waals surface area contributed by atoms with Gasteiger partial charge in [-0.15, -0.1) is 23.1 Å². The Labute approximate surface area is 336 Å². The maximum absolute atomic E-state index is 13.6. The first-order valence-electron chi connectivity index (χ1n) is 17.6. The first-order valence-corrected chi connectivity index (χ1v) is 19.8. The molecule has 6 heterocycles. The monoisotopic (exact) mass is 845 g/mol. The second kappa shape index (κ2) is 14.2. The first-order chi connectivity index (χ1) is 26.8. The first kappa shape index (κ1) is 39.8. The number of thiazole rings is 1. The summed E-state index contributed by atoms with van der Waals surface area (Å²) >= 11 is 8.45. The van der Waals surface area contributed by atoms with E-state index in [9.17, 15) is 49.2 Å². The number of anilines is 1. The Kier molecular flexibility index (Phi) is 9.94. The van der Waals surface area contributed by atoms with Gasteiger partial charge >= 0.3 is 11.9 Å². The Balaban J connectivity index is 1.05. The number of nitrogen functional groups attached to an aromatic ring is 1. The number of thioether (sulfide) groups is 1. The van der Waals surface area contributed by atoms with E-state index in [2.05, 4.69) is 25.8 Å². The summed E-state index contributed by atoms with van der Waals surface area (Å²) < 4.78 is 0.540. The standard InChI is InChI=1S/C35H37ClN8O11S2/c1-14-16(10-44-6-4-35(13-44,5-7-44)12-39-27(48)15-9-38-17-8-19(45)26(47)21(36)20(17)25(15)46)24(31(51)52)43-29(50)23(30(43)57-14)41-28(49)22(18-11-56-33(37)40-18)42-55-34(2,3)32(53)54/h8-9,11,14,23,30H,4-7,10,12-13H2,1-3H3,(H8-,37,38,39,40,41,42,45,46,47,48,49,51,52,53,54)/p+1/t14-,23+,30+,35?,44?/m0/s1. The normalized spacial score (nSPS) is 25.6. The topological polar surface area (TPSA) is 287 Å². The maximum Gasteiger partial charge on any atom is 0.352 e. The number of nitrogens with two attached hydrogens (primary N) is 1. The molecule has 302 valence electrons. The van der Waals surface area contributed by atoms with Gasteiger partial charge in [0.2, 0.25) is 11.0 Å². The third-order valence-corrected chi connectivity index (χ3v) is 13.6. The number of nitrogens with one attached hydrogen (secondary N) is 3. The van der Waals surface area contributed by atoms with Crippen LogP contribution in [-0.2, 0) is 24.0 Å². The van der Waals surface area contributed by atoms with Gasteiger partial charge in [0.15, 0.2) is 22.3 Å². The molecule has 22 heteroatoms. The van der Waals surface area contributed by atoms with Crippen molar-refractivity contribution in [3.05, 3.63) is 55.4 Å². The van der Waals surface area contributed by atoms with Crippen molar-refractivity contribution in [3.63, 3.8) is 0 Å². The summed E-state index contributed by atoms with van der Waals surface area (Å²) in [5.74, 6) is -6.02. The second-order valence-corrected chi connectivity index (χ2v) is 18.0. The number of aromatic nitrogens is 2. The number of rotatable bonds is 12. The van der Waals surface area contributed by atoms with Gasteiger partial charge in [0.25, 0.3) is 17.7 Å². The number of β-lactam (4-membered cyclic amide) rings is 1. The number of carbonyl (C=O) groups is 5. The molecule has 7 rings (SSSR count). The zero-order chi connectivity index (χ0) is 41.4. The molecule has 57 heavy (non-hydrogen) atoms. The molecule has 4 aliphatic heterocycles. The lowest BCUT2D eigenvalue weighted by molar-refractivity contribution is -0.905. The van der Waals surface area contributed by atoms with Crippen LogP contribution in [0.25, 0.3) is 10.9 Å². The average molecular weight is 846 g/mol. The molecule has 0 aliphatic carbocycles. The number of aliphatic carboxylic acids is 2. The minimum atomic E-state index is -1.81. The number of H-pyrrole nitrogens is 1. The zero-order valence-corrected chi connectivity index (χ0v) is 33.0. The molecule has 3 atom stereocenters. The number of aromatic hydroxyl groups is 2. The van der Waals surface area contributed by atoms with Crippen molar-refractivity contribution >= 4 is 86.1 Å². The van der Waals surface area contributed by atoms with Crippen molar-refractivity contribution in [1.29, 1.82) is 0 Å². The zero-order valence-electron chi connectivity index (χ0n) is 30.6. The van der Waals surface area contributed by atoms with E-state index in [1.54, 1.807) is 0 Å². The van der Waals surface area contributed by atoms with Gasteiger partial charge in [0.1, 0.15) is 34.9 Å². The molecule has 2 bridgehead atoms. The number of fused-ring (bicyclic) bond motifs is 4. The number of pyridine rings is 1. The number of nitrogens with zero attached hydrogens (tertiary/aromatic N) is 4. The fraction of sp³-hybridized carbons (Fsp3) is 0.429. The number of hydrogen-bond acceptors (Lipinski definition) is 14. The number of piperidine rings is 1. The van der Waals surface area contributed by atoms with Gasteiger partial charge < -0.3 is 51.1 Å². The predicted molar refractivity (Wildman–Crippen MR) is 207 cm³/mol. The van der Waals surface area contributed by atoms with Gasteiger partial charge in [-0.1, -0.05) is 16.8 Å². The van der Waals surface area contributed by atoms with Crippen LogP contribution in [0.15, 0.2) is 38.9 Å². The highest BCUT2D eigenvalue weighted by Gasteiger charge is 2.59. The molecule has 19 nitrogen and oxygen atoms in total. The molecule has 0 saturated carbocycles. The Morgan fingerprint density at radius 1 is 1.21 bits per heavy atom. The molecule has 3 fully saturated rings. The minimum Gasteiger partial charge on any atom is -0.504 e. The van der Waals surface area contributed by atoms with Crippen LogP contribution in [0.5, 0.6) is 11.5 Å². The van der Waals surface area contributed by atoms with E-state index < -0.39 is 69.3 Å². The van der Waals surface area contributed by atoms with Crippen molar-refractivity contribution in [2.75, 3.05) is 38.5 Å². The van der Waals surface area contributed by atoms with Crippen LogP contribution in [0, 0.1) is 5.41 Å². The Bertz CT molecular complexity index is 2390. The lowest BCUT2D eigenvalue weighted by atomic mass is 9.84. The molecule has 4 aliphatic rings. The summed E-state index contributed by atoms with van der Waals surface area (Å²) in [5, 5.41) is 48.9. The number of phenolic OH excluding ortho intramolecular Hbond substituents is 2. The number of carbonyl (C=O) groups excluding carboxylic acids is 3. The summed E-state index contributed by atoms with van der Waals surface area (Å²) in [6.07, 6.45) is 2.66. The van der Waals surface area contributed by atoms with E-state index in [4.69, 9.17) is 22.2 Å². The van der Waals surface area contributed by atoms with Gasteiger partial charge in [-0.25, -0.2) is 14.6 Å². The summed E-state index contributed by atoms with van der Waals surface area (Å²) in [6, 6.07) is -0.00339. The van der Waals surface area contributed by atoms with Gasteiger partial charge in [-0.05, 0) is 20.8 Å². The smallest absolute Gasteiger partial charge is 0.352 e. The van der Waals surface area contributed by atoms with Crippen molar-refractivity contribution < 1.29 is 53.7 Å². The van der Waals surface area contributed by atoms with Crippen LogP contribution in [0.1, 0.15) is 49.7 Å². The highest BCUT2D eigenvalue weighted by molar-refractivity contribution is 8.00. The molecule has 2 aromatic heterocycles. The minimum absolute atomic E-state index is 0.00557. The number of halogens is 1. The fourth-order valence-electron chi connectivity index (χ4n) is 7.93. The number of aromatic amines is 1. The molecular weight excluding hydrogens is 808 g/mol. The van der Waals surface area contributed by atoms with Crippen LogP contribution in [0.3, 0.4) is 0 Å². The van der Waals surface area contributed by atoms with Crippen LogP contribution in [0.4, 0.5) is 5.13 Å². The molecule has 1 aromatic carbocycles. The van der Waals surface area contributed by atoms with Crippen LogP contribution < -0.4 is 21.8 Å².